The van der Waals surface area contributed by atoms with Crippen molar-refractivity contribution in [3.63, 3.8) is 0 Å². The molecule has 0 N–H and O–H groups in total. The standard InChI is InChI=1S/C13H15BrFN/c14-9-13(15)11-7-16(8-12(11)13)6-10-4-2-1-3-5-10/h1-5,11-12H,6-9H2/t11-,12?,13+/m1/s1. The normalized spacial score (nSPS) is 37.4. The first-order valence-electron chi connectivity index (χ1n) is 5.75. The van der Waals surface area contributed by atoms with Crippen molar-refractivity contribution in [3.05, 3.63) is 35.9 Å². The Balaban J connectivity index is 1.59. The van der Waals surface area contributed by atoms with E-state index in [1.807, 2.05) is 6.07 Å². The summed E-state index contributed by atoms with van der Waals surface area (Å²) < 4.78 is 14.0. The van der Waals surface area contributed by atoms with Crippen molar-refractivity contribution in [3.8, 4) is 0 Å². The Morgan fingerprint density at radius 1 is 1.25 bits per heavy atom. The number of rotatable bonds is 3. The number of hydrogen-bond donors (Lipinski definition) is 0. The van der Waals surface area contributed by atoms with Crippen LogP contribution in [-0.4, -0.2) is 29.0 Å². The third-order valence-electron chi connectivity index (χ3n) is 3.97. The van der Waals surface area contributed by atoms with Crippen molar-refractivity contribution in [1.82, 2.24) is 4.90 Å². The van der Waals surface area contributed by atoms with Gasteiger partial charge in [-0.15, -0.1) is 0 Å². The largest absolute Gasteiger partial charge is 0.298 e. The first kappa shape index (κ1) is 10.7. The number of benzene rings is 1. The first-order chi connectivity index (χ1) is 7.74. The van der Waals surface area contributed by atoms with Crippen LogP contribution in [0.5, 0.6) is 0 Å². The molecule has 2 aliphatic rings. The molecule has 3 rings (SSSR count). The van der Waals surface area contributed by atoms with Gasteiger partial charge in [-0.05, 0) is 5.56 Å². The van der Waals surface area contributed by atoms with E-state index in [1.54, 1.807) is 0 Å². The average Bonchev–Trinajstić information content (AvgIpc) is 2.69. The van der Waals surface area contributed by atoms with Gasteiger partial charge in [0.05, 0.1) is 0 Å². The van der Waals surface area contributed by atoms with Crippen LogP contribution in [0.25, 0.3) is 0 Å². The highest BCUT2D eigenvalue weighted by Crippen LogP contribution is 2.59. The summed E-state index contributed by atoms with van der Waals surface area (Å²) in [5.74, 6) is 0.547. The molecular formula is C13H15BrFN. The molecule has 1 nitrogen and oxygen atoms in total. The fraction of sp³-hybridized carbons (Fsp3) is 0.538. The van der Waals surface area contributed by atoms with Crippen LogP contribution in [0.3, 0.4) is 0 Å². The quantitative estimate of drug-likeness (QED) is 0.771. The Hall–Kier alpha value is -0.410. The summed E-state index contributed by atoms with van der Waals surface area (Å²) in [4.78, 5) is 2.37. The summed E-state index contributed by atoms with van der Waals surface area (Å²) in [7, 11) is 0. The summed E-state index contributed by atoms with van der Waals surface area (Å²) >= 11 is 3.28. The summed E-state index contributed by atoms with van der Waals surface area (Å²) in [5, 5.41) is 0.508. The molecule has 1 saturated heterocycles. The van der Waals surface area contributed by atoms with Crippen LogP contribution in [0, 0.1) is 11.8 Å². The minimum atomic E-state index is -0.896. The van der Waals surface area contributed by atoms with Gasteiger partial charge in [0.1, 0.15) is 5.67 Å². The highest BCUT2D eigenvalue weighted by atomic mass is 79.9. The van der Waals surface area contributed by atoms with E-state index in [2.05, 4.69) is 45.1 Å². The molecule has 2 fully saturated rings. The summed E-state index contributed by atoms with van der Waals surface area (Å²) in [5.41, 5.74) is 0.430. The van der Waals surface area contributed by atoms with Gasteiger partial charge in [-0.25, -0.2) is 4.39 Å². The smallest absolute Gasteiger partial charge is 0.129 e. The van der Waals surface area contributed by atoms with E-state index >= 15 is 0 Å². The molecule has 0 bridgehead atoms. The second-order valence-corrected chi connectivity index (χ2v) is 5.51. The fourth-order valence-electron chi connectivity index (χ4n) is 2.92. The van der Waals surface area contributed by atoms with E-state index in [9.17, 15) is 4.39 Å². The van der Waals surface area contributed by atoms with E-state index in [4.69, 9.17) is 0 Å². The molecule has 1 aromatic carbocycles. The van der Waals surface area contributed by atoms with E-state index in [0.717, 1.165) is 19.6 Å². The lowest BCUT2D eigenvalue weighted by Gasteiger charge is -2.21. The predicted octanol–water partition coefficient (Wildman–Crippen LogP) is 2.85. The second kappa shape index (κ2) is 3.81. The number of hydrogen-bond acceptors (Lipinski definition) is 1. The SMILES string of the molecule is F[C@]1(CBr)C2CN(Cc3ccccc3)C[C@H]21. The Morgan fingerprint density at radius 3 is 2.44 bits per heavy atom. The molecule has 1 saturated carbocycles. The van der Waals surface area contributed by atoms with Crippen LogP contribution in [-0.2, 0) is 6.54 Å². The van der Waals surface area contributed by atoms with Gasteiger partial charge in [-0.3, -0.25) is 4.90 Å². The minimum absolute atomic E-state index is 0.274. The molecule has 0 radical (unpaired) electrons. The van der Waals surface area contributed by atoms with Crippen molar-refractivity contribution in [1.29, 1.82) is 0 Å². The monoisotopic (exact) mass is 283 g/mol. The van der Waals surface area contributed by atoms with Gasteiger partial charge in [-0.1, -0.05) is 46.3 Å². The number of alkyl halides is 2. The molecular weight excluding hydrogens is 269 g/mol. The zero-order valence-corrected chi connectivity index (χ0v) is 10.7. The lowest BCUT2D eigenvalue weighted by Crippen LogP contribution is -2.29. The molecule has 1 aliphatic heterocycles. The van der Waals surface area contributed by atoms with Gasteiger partial charge < -0.3 is 0 Å². The molecule has 16 heavy (non-hydrogen) atoms. The highest BCUT2D eigenvalue weighted by Gasteiger charge is 2.68. The summed E-state index contributed by atoms with van der Waals surface area (Å²) in [6.07, 6.45) is 0. The molecule has 1 unspecified atom stereocenters. The molecule has 86 valence electrons. The Kier molecular flexibility index (Phi) is 2.55. The average molecular weight is 284 g/mol. The lowest BCUT2D eigenvalue weighted by molar-refractivity contribution is 0.199. The second-order valence-electron chi connectivity index (χ2n) is 4.95. The zero-order valence-electron chi connectivity index (χ0n) is 9.07. The van der Waals surface area contributed by atoms with Crippen molar-refractivity contribution in [2.24, 2.45) is 11.8 Å². The van der Waals surface area contributed by atoms with Crippen LogP contribution < -0.4 is 0 Å². The molecule has 1 heterocycles. The topological polar surface area (TPSA) is 3.24 Å². The van der Waals surface area contributed by atoms with Gasteiger partial charge in [0.15, 0.2) is 0 Å². The van der Waals surface area contributed by atoms with Gasteiger partial charge in [-0.2, -0.15) is 0 Å². The van der Waals surface area contributed by atoms with Gasteiger partial charge >= 0.3 is 0 Å². The molecule has 3 heteroatoms. The molecule has 1 aromatic rings. The van der Waals surface area contributed by atoms with Crippen molar-refractivity contribution >= 4 is 15.9 Å². The third-order valence-corrected chi connectivity index (χ3v) is 4.83. The molecule has 0 spiro atoms. The third kappa shape index (κ3) is 1.61. The summed E-state index contributed by atoms with van der Waals surface area (Å²) in [6, 6.07) is 10.4. The minimum Gasteiger partial charge on any atom is -0.298 e. The number of fused-ring (bicyclic) bond motifs is 1. The van der Waals surface area contributed by atoms with E-state index in [-0.39, 0.29) is 11.8 Å². The maximum atomic E-state index is 14.0. The Bertz CT molecular complexity index is 369. The molecule has 3 atom stereocenters. The summed E-state index contributed by atoms with van der Waals surface area (Å²) in [6.45, 7) is 2.80. The van der Waals surface area contributed by atoms with Gasteiger partial charge in [0.25, 0.3) is 0 Å². The number of piperidine rings is 1. The first-order valence-corrected chi connectivity index (χ1v) is 6.87. The van der Waals surface area contributed by atoms with E-state index < -0.39 is 5.67 Å². The fourth-order valence-corrected chi connectivity index (χ4v) is 3.76. The predicted molar refractivity (Wildman–Crippen MR) is 66.3 cm³/mol. The Labute approximate surface area is 104 Å². The number of likely N-dealkylation sites (tertiary alicyclic amines) is 1. The highest BCUT2D eigenvalue weighted by molar-refractivity contribution is 9.09. The van der Waals surface area contributed by atoms with Crippen molar-refractivity contribution in [2.45, 2.75) is 12.2 Å². The van der Waals surface area contributed by atoms with Gasteiger partial charge in [0.2, 0.25) is 0 Å². The van der Waals surface area contributed by atoms with Gasteiger partial charge in [0, 0.05) is 36.8 Å². The van der Waals surface area contributed by atoms with Crippen molar-refractivity contribution in [2.75, 3.05) is 18.4 Å². The molecule has 1 aliphatic carbocycles. The van der Waals surface area contributed by atoms with E-state index in [1.165, 1.54) is 5.56 Å². The van der Waals surface area contributed by atoms with Crippen molar-refractivity contribution < 1.29 is 4.39 Å². The zero-order chi connectivity index (χ0) is 11.2. The van der Waals surface area contributed by atoms with Crippen LogP contribution >= 0.6 is 15.9 Å². The maximum absolute atomic E-state index is 14.0. The number of nitrogens with zero attached hydrogens (tertiary/aromatic N) is 1. The lowest BCUT2D eigenvalue weighted by atomic mass is 10.2. The molecule has 0 amide bonds. The maximum Gasteiger partial charge on any atom is 0.129 e. The van der Waals surface area contributed by atoms with Crippen LogP contribution in [0.1, 0.15) is 5.56 Å². The van der Waals surface area contributed by atoms with E-state index in [0.29, 0.717) is 5.33 Å². The Morgan fingerprint density at radius 2 is 1.88 bits per heavy atom. The number of halogens is 2. The van der Waals surface area contributed by atoms with Crippen LogP contribution in [0.4, 0.5) is 4.39 Å². The van der Waals surface area contributed by atoms with Crippen LogP contribution in [0.15, 0.2) is 30.3 Å². The van der Waals surface area contributed by atoms with Crippen LogP contribution in [0.2, 0.25) is 0 Å². The molecule has 0 aromatic heterocycles.